The van der Waals surface area contributed by atoms with Gasteiger partial charge >= 0.3 is 5.97 Å². The van der Waals surface area contributed by atoms with Crippen LogP contribution in [0.3, 0.4) is 0 Å². The molecular weight excluding hydrogens is 416 g/mol. The first-order valence-corrected chi connectivity index (χ1v) is 10.6. The van der Waals surface area contributed by atoms with Crippen molar-refractivity contribution in [2.24, 2.45) is 0 Å². The van der Waals surface area contributed by atoms with Crippen LogP contribution in [0.4, 0.5) is 0 Å². The van der Waals surface area contributed by atoms with Crippen molar-refractivity contribution in [3.8, 4) is 0 Å². The van der Waals surface area contributed by atoms with Gasteiger partial charge in [-0.3, -0.25) is 0 Å². The highest BCUT2D eigenvalue weighted by Gasteiger charge is 2.04. The quantitative estimate of drug-likeness (QED) is 0.161. The van der Waals surface area contributed by atoms with Gasteiger partial charge in [0.25, 0.3) is 0 Å². The number of rotatable bonds is 21. The van der Waals surface area contributed by atoms with E-state index in [1.807, 2.05) is 6.07 Å². The Morgan fingerprint density at radius 2 is 0.933 bits per heavy atom. The van der Waals surface area contributed by atoms with E-state index in [4.69, 9.17) is 44.8 Å². The monoisotopic (exact) mass is 448 g/mol. The van der Waals surface area contributed by atoms with Crippen molar-refractivity contribution < 1.29 is 38.0 Å². The highest BCUT2D eigenvalue weighted by molar-refractivity contribution is 6.17. The zero-order valence-electron chi connectivity index (χ0n) is 17.4. The van der Waals surface area contributed by atoms with Gasteiger partial charge in [-0.2, -0.15) is 0 Å². The summed E-state index contributed by atoms with van der Waals surface area (Å²) in [7, 11) is 0. The first-order chi connectivity index (χ1) is 14.8. The molecule has 0 aromatic heterocycles. The van der Waals surface area contributed by atoms with Gasteiger partial charge in [-0.15, -0.1) is 11.6 Å². The van der Waals surface area contributed by atoms with Gasteiger partial charge < -0.3 is 33.2 Å². The molecule has 1 aromatic carbocycles. The van der Waals surface area contributed by atoms with Crippen molar-refractivity contribution in [3.63, 3.8) is 0 Å². The highest BCUT2D eigenvalue weighted by atomic mass is 35.5. The fourth-order valence-corrected chi connectivity index (χ4v) is 2.22. The zero-order valence-corrected chi connectivity index (χ0v) is 18.2. The average Bonchev–Trinajstić information content (AvgIpc) is 2.78. The molecule has 1 aromatic rings. The Balaban J connectivity index is 1.71. The number of hydrogen-bond acceptors (Lipinski definition) is 8. The SMILES string of the molecule is O=C(OCCOCCOCCOCCOCCOCCOCCCl)c1ccccc1. The second kappa shape index (κ2) is 21.0. The van der Waals surface area contributed by atoms with Crippen LogP contribution in [0.2, 0.25) is 0 Å². The van der Waals surface area contributed by atoms with Gasteiger partial charge in [0.1, 0.15) is 6.61 Å². The summed E-state index contributed by atoms with van der Waals surface area (Å²) in [5.74, 6) is 0.146. The molecule has 0 fully saturated rings. The lowest BCUT2D eigenvalue weighted by Crippen LogP contribution is -2.15. The second-order valence-electron chi connectivity index (χ2n) is 5.87. The first-order valence-electron chi connectivity index (χ1n) is 10.1. The van der Waals surface area contributed by atoms with Crippen LogP contribution < -0.4 is 0 Å². The second-order valence-corrected chi connectivity index (χ2v) is 6.24. The van der Waals surface area contributed by atoms with Crippen LogP contribution in [0.1, 0.15) is 10.4 Å². The van der Waals surface area contributed by atoms with Crippen LogP contribution in [0.25, 0.3) is 0 Å². The Morgan fingerprint density at radius 1 is 0.567 bits per heavy atom. The predicted molar refractivity (Wildman–Crippen MR) is 112 cm³/mol. The summed E-state index contributed by atoms with van der Waals surface area (Å²) in [5, 5.41) is 0. The van der Waals surface area contributed by atoms with E-state index in [0.29, 0.717) is 90.7 Å². The normalized spacial score (nSPS) is 11.0. The molecule has 8 nitrogen and oxygen atoms in total. The number of benzene rings is 1. The Morgan fingerprint density at radius 3 is 1.33 bits per heavy atom. The fourth-order valence-electron chi connectivity index (χ4n) is 2.11. The maximum atomic E-state index is 11.7. The van der Waals surface area contributed by atoms with Gasteiger partial charge in [0.2, 0.25) is 0 Å². The Hall–Kier alpha value is -1.26. The molecule has 0 spiro atoms. The molecule has 30 heavy (non-hydrogen) atoms. The lowest BCUT2D eigenvalue weighted by molar-refractivity contribution is -0.0189. The van der Waals surface area contributed by atoms with Crippen molar-refractivity contribution in [3.05, 3.63) is 35.9 Å². The van der Waals surface area contributed by atoms with Gasteiger partial charge in [-0.1, -0.05) is 18.2 Å². The molecule has 0 saturated carbocycles. The third kappa shape index (κ3) is 16.5. The van der Waals surface area contributed by atoms with Crippen LogP contribution in [0.5, 0.6) is 0 Å². The lowest BCUT2D eigenvalue weighted by atomic mass is 10.2. The summed E-state index contributed by atoms with van der Waals surface area (Å²) in [4.78, 5) is 11.7. The van der Waals surface area contributed by atoms with Gasteiger partial charge in [0.15, 0.2) is 0 Å². The molecular formula is C21H33ClO8. The molecule has 0 aliphatic carbocycles. The zero-order chi connectivity index (χ0) is 21.5. The Labute approximate surface area is 183 Å². The number of ether oxygens (including phenoxy) is 7. The third-order valence-corrected chi connectivity index (χ3v) is 3.71. The van der Waals surface area contributed by atoms with Crippen LogP contribution in [0, 0.1) is 0 Å². The van der Waals surface area contributed by atoms with Crippen LogP contribution in [0.15, 0.2) is 30.3 Å². The van der Waals surface area contributed by atoms with Gasteiger partial charge in [-0.25, -0.2) is 4.79 Å². The van der Waals surface area contributed by atoms with E-state index < -0.39 is 0 Å². The maximum absolute atomic E-state index is 11.7. The molecule has 1 rings (SSSR count). The number of hydrogen-bond donors (Lipinski definition) is 0. The van der Waals surface area contributed by atoms with E-state index in [-0.39, 0.29) is 12.6 Å². The average molecular weight is 449 g/mol. The minimum Gasteiger partial charge on any atom is -0.460 e. The molecule has 0 atom stereocenters. The van der Waals surface area contributed by atoms with E-state index in [1.165, 1.54) is 0 Å². The Bertz CT molecular complexity index is 503. The van der Waals surface area contributed by atoms with Crippen molar-refractivity contribution in [1.82, 2.24) is 0 Å². The van der Waals surface area contributed by atoms with E-state index in [1.54, 1.807) is 24.3 Å². The van der Waals surface area contributed by atoms with E-state index in [2.05, 4.69) is 0 Å². The molecule has 172 valence electrons. The molecule has 0 unspecified atom stereocenters. The minimum atomic E-state index is -0.350. The largest absolute Gasteiger partial charge is 0.460 e. The fraction of sp³-hybridized carbons (Fsp3) is 0.667. The molecule has 0 bridgehead atoms. The van der Waals surface area contributed by atoms with Crippen molar-refractivity contribution in [2.45, 2.75) is 0 Å². The van der Waals surface area contributed by atoms with Crippen molar-refractivity contribution in [1.29, 1.82) is 0 Å². The maximum Gasteiger partial charge on any atom is 0.338 e. The summed E-state index contributed by atoms with van der Waals surface area (Å²) in [6.45, 7) is 6.10. The summed E-state index contributed by atoms with van der Waals surface area (Å²) in [6, 6.07) is 8.85. The van der Waals surface area contributed by atoms with Crippen molar-refractivity contribution >= 4 is 17.6 Å². The van der Waals surface area contributed by atoms with E-state index in [0.717, 1.165) is 0 Å². The van der Waals surface area contributed by atoms with Gasteiger partial charge in [0.05, 0.1) is 84.8 Å². The highest BCUT2D eigenvalue weighted by Crippen LogP contribution is 2.00. The minimum absolute atomic E-state index is 0.212. The van der Waals surface area contributed by atoms with E-state index in [9.17, 15) is 4.79 Å². The van der Waals surface area contributed by atoms with Crippen LogP contribution in [-0.4, -0.2) is 97.7 Å². The summed E-state index contributed by atoms with van der Waals surface area (Å²) in [5.41, 5.74) is 0.531. The third-order valence-electron chi connectivity index (χ3n) is 3.55. The van der Waals surface area contributed by atoms with Crippen LogP contribution >= 0.6 is 11.6 Å². The molecule has 0 heterocycles. The summed E-state index contributed by atoms with van der Waals surface area (Å²) >= 11 is 5.48. The van der Waals surface area contributed by atoms with Crippen LogP contribution in [-0.2, 0) is 33.2 Å². The molecule has 0 saturated heterocycles. The molecule has 0 aliphatic rings. The smallest absolute Gasteiger partial charge is 0.338 e. The number of carbonyl (C=O) groups excluding carboxylic acids is 1. The first kappa shape index (κ1) is 26.8. The number of esters is 1. The summed E-state index contributed by atoms with van der Waals surface area (Å²) < 4.78 is 37.1. The van der Waals surface area contributed by atoms with Crippen molar-refractivity contribution in [2.75, 3.05) is 91.8 Å². The number of alkyl halides is 1. The van der Waals surface area contributed by atoms with Gasteiger partial charge in [0, 0.05) is 5.88 Å². The lowest BCUT2D eigenvalue weighted by Gasteiger charge is -2.08. The topological polar surface area (TPSA) is 81.7 Å². The standard InChI is InChI=1S/C21H33ClO8/c22-6-7-24-8-9-25-10-11-26-12-13-27-14-15-28-16-17-29-18-19-30-21(23)20-4-2-1-3-5-20/h1-5H,6-19H2. The van der Waals surface area contributed by atoms with Gasteiger partial charge in [-0.05, 0) is 12.1 Å². The van der Waals surface area contributed by atoms with E-state index >= 15 is 0 Å². The molecule has 9 heteroatoms. The Kier molecular flexibility index (Phi) is 18.7. The molecule has 0 amide bonds. The number of halogens is 1. The molecule has 0 aliphatic heterocycles. The molecule has 0 N–H and O–H groups in total. The number of carbonyl (C=O) groups is 1. The summed E-state index contributed by atoms with van der Waals surface area (Å²) in [6.07, 6.45) is 0. The predicted octanol–water partition coefficient (Wildman–Crippen LogP) is 2.18. The molecule has 0 radical (unpaired) electrons.